The Morgan fingerprint density at radius 3 is 2.61 bits per heavy atom. The van der Waals surface area contributed by atoms with Gasteiger partial charge in [-0.05, 0) is 43.2 Å². The van der Waals surface area contributed by atoms with Gasteiger partial charge >= 0.3 is 0 Å². The number of hydrogen-bond acceptors (Lipinski definition) is 5. The summed E-state index contributed by atoms with van der Waals surface area (Å²) in [6.07, 6.45) is -0.148. The summed E-state index contributed by atoms with van der Waals surface area (Å²) in [6.45, 7) is 4.21. The molecule has 0 saturated carbocycles. The van der Waals surface area contributed by atoms with Crippen LogP contribution in [0, 0.1) is 0 Å². The normalized spacial score (nSPS) is 14.0. The largest absolute Gasteiger partial charge is 0.493 e. The van der Waals surface area contributed by atoms with Gasteiger partial charge in [-0.25, -0.2) is 5.48 Å². The van der Waals surface area contributed by atoms with Crippen LogP contribution in [-0.2, 0) is 11.3 Å². The minimum Gasteiger partial charge on any atom is -0.493 e. The number of benzene rings is 2. The molecule has 148 valence electrons. The number of carbonyl (C=O) groups is 2. The average molecular weight is 384 g/mol. The maximum atomic E-state index is 12.9. The number of ether oxygens (including phenoxy) is 2. The standard InChI is InChI=1S/C21H24N2O5/c1-13(2)28-19-10-14(8-9-18(19)27-3)17(11-20(24)22-26)23-12-15-6-4-5-7-16(15)21(23)25/h4-10,13,17,26H,11-12H2,1-3H3,(H,22,24). The summed E-state index contributed by atoms with van der Waals surface area (Å²) in [5.41, 5.74) is 3.92. The number of rotatable bonds is 7. The molecule has 0 aliphatic carbocycles. The Morgan fingerprint density at radius 2 is 1.96 bits per heavy atom. The highest BCUT2D eigenvalue weighted by Gasteiger charge is 2.34. The Kier molecular flexibility index (Phi) is 5.84. The molecule has 0 saturated heterocycles. The predicted molar refractivity (Wildman–Crippen MR) is 102 cm³/mol. The fourth-order valence-corrected chi connectivity index (χ4v) is 3.40. The highest BCUT2D eigenvalue weighted by Crippen LogP contribution is 2.37. The summed E-state index contributed by atoms with van der Waals surface area (Å²) < 4.78 is 11.2. The molecular weight excluding hydrogens is 360 g/mol. The molecule has 28 heavy (non-hydrogen) atoms. The van der Waals surface area contributed by atoms with E-state index in [1.54, 1.807) is 41.8 Å². The van der Waals surface area contributed by atoms with Crippen molar-refractivity contribution in [2.45, 2.75) is 39.0 Å². The predicted octanol–water partition coefficient (Wildman–Crippen LogP) is 3.08. The summed E-state index contributed by atoms with van der Waals surface area (Å²) in [6, 6.07) is 12.2. The average Bonchev–Trinajstić information content (AvgIpc) is 3.02. The molecule has 0 bridgehead atoms. The zero-order valence-corrected chi connectivity index (χ0v) is 16.1. The molecular formula is C21H24N2O5. The van der Waals surface area contributed by atoms with Crippen LogP contribution in [0.25, 0.3) is 0 Å². The van der Waals surface area contributed by atoms with Crippen molar-refractivity contribution in [3.63, 3.8) is 0 Å². The first-order valence-electron chi connectivity index (χ1n) is 9.11. The maximum absolute atomic E-state index is 12.9. The molecule has 2 aromatic carbocycles. The van der Waals surface area contributed by atoms with Gasteiger partial charge in [0.2, 0.25) is 5.91 Å². The molecule has 1 heterocycles. The van der Waals surface area contributed by atoms with Crippen LogP contribution in [0.5, 0.6) is 11.5 Å². The van der Waals surface area contributed by atoms with E-state index in [4.69, 9.17) is 14.7 Å². The van der Waals surface area contributed by atoms with Gasteiger partial charge in [-0.3, -0.25) is 14.8 Å². The van der Waals surface area contributed by atoms with Crippen molar-refractivity contribution in [3.8, 4) is 11.5 Å². The monoisotopic (exact) mass is 384 g/mol. The van der Waals surface area contributed by atoms with Crippen LogP contribution >= 0.6 is 0 Å². The van der Waals surface area contributed by atoms with E-state index in [0.29, 0.717) is 23.6 Å². The third kappa shape index (κ3) is 3.94. The van der Waals surface area contributed by atoms with Gasteiger partial charge in [-0.15, -0.1) is 0 Å². The SMILES string of the molecule is COc1ccc(C(CC(=O)NO)N2Cc3ccccc3C2=O)cc1OC(C)C. The first-order chi connectivity index (χ1) is 13.4. The Hall–Kier alpha value is -3.06. The number of nitrogens with one attached hydrogen (secondary N) is 1. The Balaban J connectivity index is 1.99. The fraction of sp³-hybridized carbons (Fsp3) is 0.333. The lowest BCUT2D eigenvalue weighted by molar-refractivity contribution is -0.130. The van der Waals surface area contributed by atoms with E-state index < -0.39 is 11.9 Å². The van der Waals surface area contributed by atoms with Gasteiger partial charge in [-0.2, -0.15) is 0 Å². The van der Waals surface area contributed by atoms with Crippen molar-refractivity contribution in [3.05, 3.63) is 59.2 Å². The zero-order chi connectivity index (χ0) is 20.3. The molecule has 3 rings (SSSR count). The number of amides is 2. The molecule has 2 aromatic rings. The van der Waals surface area contributed by atoms with Gasteiger partial charge in [0.15, 0.2) is 11.5 Å². The van der Waals surface area contributed by atoms with Crippen molar-refractivity contribution < 1.29 is 24.3 Å². The molecule has 2 amide bonds. The summed E-state index contributed by atoms with van der Waals surface area (Å²) in [5, 5.41) is 9.02. The van der Waals surface area contributed by atoms with E-state index in [-0.39, 0.29) is 18.4 Å². The van der Waals surface area contributed by atoms with Gasteiger partial charge in [-0.1, -0.05) is 24.3 Å². The van der Waals surface area contributed by atoms with Crippen LogP contribution in [0.2, 0.25) is 0 Å². The number of hydroxylamine groups is 1. The number of nitrogens with zero attached hydrogens (tertiary/aromatic N) is 1. The van der Waals surface area contributed by atoms with E-state index in [1.807, 2.05) is 32.0 Å². The molecule has 7 heteroatoms. The molecule has 1 aliphatic rings. The minimum atomic E-state index is -0.573. The topological polar surface area (TPSA) is 88.1 Å². The summed E-state index contributed by atoms with van der Waals surface area (Å²) in [5.74, 6) is 0.386. The minimum absolute atomic E-state index is 0.0685. The van der Waals surface area contributed by atoms with Crippen LogP contribution in [0.1, 0.15) is 47.8 Å². The van der Waals surface area contributed by atoms with Gasteiger partial charge in [0.25, 0.3) is 5.91 Å². The second-order valence-corrected chi connectivity index (χ2v) is 6.92. The summed E-state index contributed by atoms with van der Waals surface area (Å²) >= 11 is 0. The van der Waals surface area contributed by atoms with Crippen LogP contribution in [0.4, 0.5) is 0 Å². The molecule has 0 fully saturated rings. The van der Waals surface area contributed by atoms with Crippen molar-refractivity contribution in [2.24, 2.45) is 0 Å². The van der Waals surface area contributed by atoms with Gasteiger partial charge < -0.3 is 14.4 Å². The molecule has 7 nitrogen and oxygen atoms in total. The van der Waals surface area contributed by atoms with Crippen molar-refractivity contribution in [2.75, 3.05) is 7.11 Å². The van der Waals surface area contributed by atoms with Crippen LogP contribution in [-0.4, -0.2) is 35.1 Å². The molecule has 0 aromatic heterocycles. The fourth-order valence-electron chi connectivity index (χ4n) is 3.40. The van der Waals surface area contributed by atoms with Gasteiger partial charge in [0.05, 0.1) is 25.7 Å². The van der Waals surface area contributed by atoms with E-state index in [9.17, 15) is 9.59 Å². The molecule has 0 spiro atoms. The lowest BCUT2D eigenvalue weighted by Gasteiger charge is -2.28. The third-order valence-corrected chi connectivity index (χ3v) is 4.66. The smallest absolute Gasteiger partial charge is 0.255 e. The maximum Gasteiger partial charge on any atom is 0.255 e. The second-order valence-electron chi connectivity index (χ2n) is 6.92. The first-order valence-corrected chi connectivity index (χ1v) is 9.11. The lowest BCUT2D eigenvalue weighted by atomic mass is 10.0. The number of fused-ring (bicyclic) bond motifs is 1. The van der Waals surface area contributed by atoms with E-state index in [0.717, 1.165) is 11.1 Å². The quantitative estimate of drug-likeness (QED) is 0.566. The third-order valence-electron chi connectivity index (χ3n) is 4.66. The van der Waals surface area contributed by atoms with E-state index in [2.05, 4.69) is 0 Å². The number of methoxy groups -OCH3 is 1. The van der Waals surface area contributed by atoms with E-state index in [1.165, 1.54) is 0 Å². The summed E-state index contributed by atoms with van der Waals surface area (Å²) in [7, 11) is 1.56. The number of carbonyl (C=O) groups excluding carboxylic acids is 2. The van der Waals surface area contributed by atoms with Crippen molar-refractivity contribution >= 4 is 11.8 Å². The molecule has 1 atom stereocenters. The van der Waals surface area contributed by atoms with Crippen LogP contribution < -0.4 is 15.0 Å². The molecule has 1 aliphatic heterocycles. The molecule has 2 N–H and O–H groups in total. The summed E-state index contributed by atoms with van der Waals surface area (Å²) in [4.78, 5) is 26.5. The Bertz CT molecular complexity index is 881. The molecule has 1 unspecified atom stereocenters. The zero-order valence-electron chi connectivity index (χ0n) is 16.1. The second kappa shape index (κ2) is 8.31. The van der Waals surface area contributed by atoms with Crippen molar-refractivity contribution in [1.29, 1.82) is 0 Å². The van der Waals surface area contributed by atoms with Gasteiger partial charge in [0.1, 0.15) is 0 Å². The van der Waals surface area contributed by atoms with Gasteiger partial charge in [0, 0.05) is 12.1 Å². The highest BCUT2D eigenvalue weighted by molar-refractivity contribution is 5.98. The lowest BCUT2D eigenvalue weighted by Crippen LogP contribution is -2.33. The number of hydrogen-bond donors (Lipinski definition) is 2. The van der Waals surface area contributed by atoms with E-state index >= 15 is 0 Å². The van der Waals surface area contributed by atoms with Crippen LogP contribution in [0.15, 0.2) is 42.5 Å². The van der Waals surface area contributed by atoms with Crippen LogP contribution in [0.3, 0.4) is 0 Å². The molecule has 0 radical (unpaired) electrons. The highest BCUT2D eigenvalue weighted by atomic mass is 16.5. The van der Waals surface area contributed by atoms with Crippen molar-refractivity contribution in [1.82, 2.24) is 10.4 Å². The first kappa shape index (κ1) is 19.7. The Labute approximate surface area is 163 Å². The Morgan fingerprint density at radius 1 is 1.21 bits per heavy atom.